The topological polar surface area (TPSA) is 71.3 Å². The lowest BCUT2D eigenvalue weighted by atomic mass is 10.0. The molecule has 0 aliphatic rings. The number of nitrogens with zero attached hydrogens (tertiary/aromatic N) is 1. The first-order valence-corrected chi connectivity index (χ1v) is 8.22. The van der Waals surface area contributed by atoms with E-state index in [-0.39, 0.29) is 5.97 Å². The van der Waals surface area contributed by atoms with Crippen molar-refractivity contribution >= 4 is 11.7 Å². The van der Waals surface area contributed by atoms with Crippen LogP contribution in [0.2, 0.25) is 0 Å². The van der Waals surface area contributed by atoms with Crippen molar-refractivity contribution in [2.45, 2.75) is 26.3 Å². The first kappa shape index (κ1) is 18.3. The zero-order valence-electron chi connectivity index (χ0n) is 14.7. The molecule has 0 aliphatic heterocycles. The summed E-state index contributed by atoms with van der Waals surface area (Å²) in [5.41, 5.74) is 3.15. The van der Waals surface area contributed by atoms with E-state index in [1.165, 1.54) is 0 Å². The lowest BCUT2D eigenvalue weighted by Crippen LogP contribution is -2.23. The second kappa shape index (κ2) is 8.74. The van der Waals surface area contributed by atoms with E-state index in [1.54, 1.807) is 38.3 Å². The van der Waals surface area contributed by atoms with Gasteiger partial charge in [-0.2, -0.15) is 5.26 Å². The number of ether oxygens (including phenoxy) is 2. The molecular weight excluding hydrogens is 316 g/mol. The van der Waals surface area contributed by atoms with Crippen LogP contribution >= 0.6 is 0 Å². The van der Waals surface area contributed by atoms with Gasteiger partial charge in [0.05, 0.1) is 25.3 Å². The number of hydrogen-bond donors (Lipinski definition) is 1. The molecule has 0 saturated carbocycles. The summed E-state index contributed by atoms with van der Waals surface area (Å²) in [5, 5.41) is 12.1. The minimum Gasteiger partial charge on any atom is -0.497 e. The monoisotopic (exact) mass is 338 g/mol. The van der Waals surface area contributed by atoms with Crippen LogP contribution in [-0.2, 0) is 16.0 Å². The molecule has 1 N–H and O–H groups in total. The number of nitriles is 1. The maximum atomic E-state index is 12.5. The molecule has 0 amide bonds. The van der Waals surface area contributed by atoms with E-state index in [9.17, 15) is 4.79 Å². The van der Waals surface area contributed by atoms with Gasteiger partial charge in [-0.1, -0.05) is 13.0 Å². The van der Waals surface area contributed by atoms with E-state index in [4.69, 9.17) is 14.7 Å². The Balaban J connectivity index is 2.38. The predicted octanol–water partition coefficient (Wildman–Crippen LogP) is 3.85. The normalized spacial score (nSPS) is 11.3. The maximum absolute atomic E-state index is 12.5. The lowest BCUT2D eigenvalue weighted by Gasteiger charge is -2.20. The minimum atomic E-state index is -0.659. The summed E-state index contributed by atoms with van der Waals surface area (Å²) < 4.78 is 10.6. The first-order chi connectivity index (χ1) is 12.1. The Kier molecular flexibility index (Phi) is 6.41. The summed E-state index contributed by atoms with van der Waals surface area (Å²) in [5.74, 6) is 0.340. The van der Waals surface area contributed by atoms with Gasteiger partial charge in [0.25, 0.3) is 0 Å². The van der Waals surface area contributed by atoms with Gasteiger partial charge in [-0.25, -0.2) is 4.79 Å². The van der Waals surface area contributed by atoms with E-state index in [0.29, 0.717) is 17.9 Å². The quantitative estimate of drug-likeness (QED) is 0.777. The molecule has 0 saturated heterocycles. The fourth-order valence-corrected chi connectivity index (χ4v) is 2.49. The molecule has 2 aromatic carbocycles. The van der Waals surface area contributed by atoms with Gasteiger partial charge in [-0.3, -0.25) is 0 Å². The summed E-state index contributed by atoms with van der Waals surface area (Å²) in [6.45, 7) is 4.13. The highest BCUT2D eigenvalue weighted by molar-refractivity contribution is 5.81. The Labute approximate surface area is 148 Å². The third-order valence-corrected chi connectivity index (χ3v) is 3.81. The van der Waals surface area contributed by atoms with Gasteiger partial charge in [0.2, 0.25) is 0 Å². The fraction of sp³-hybridized carbons (Fsp3) is 0.300. The largest absolute Gasteiger partial charge is 0.497 e. The van der Waals surface area contributed by atoms with Gasteiger partial charge in [0.1, 0.15) is 5.75 Å². The summed E-state index contributed by atoms with van der Waals surface area (Å²) in [6.07, 6.45) is 0.830. The third kappa shape index (κ3) is 4.74. The number of carbonyl (C=O) groups is 1. The van der Waals surface area contributed by atoms with Crippen LogP contribution in [-0.4, -0.2) is 19.7 Å². The van der Waals surface area contributed by atoms with Crippen LogP contribution in [0.5, 0.6) is 5.75 Å². The SMILES string of the molecule is CCOC(=O)C(Nc1ccc(C#N)cc1)c1cc(CC)cc(OC)c1. The van der Waals surface area contributed by atoms with Gasteiger partial charge >= 0.3 is 5.97 Å². The highest BCUT2D eigenvalue weighted by atomic mass is 16.5. The zero-order valence-corrected chi connectivity index (χ0v) is 14.7. The van der Waals surface area contributed by atoms with E-state index < -0.39 is 6.04 Å². The van der Waals surface area contributed by atoms with Crippen molar-refractivity contribution in [1.29, 1.82) is 5.26 Å². The third-order valence-electron chi connectivity index (χ3n) is 3.81. The Hall–Kier alpha value is -3.00. The minimum absolute atomic E-state index is 0.301. The molecule has 0 fully saturated rings. The second-order valence-electron chi connectivity index (χ2n) is 5.49. The summed E-state index contributed by atoms with van der Waals surface area (Å²) >= 11 is 0. The Morgan fingerprint density at radius 3 is 2.48 bits per heavy atom. The summed E-state index contributed by atoms with van der Waals surface area (Å²) in [6, 6.07) is 14.1. The average molecular weight is 338 g/mol. The zero-order chi connectivity index (χ0) is 18.2. The van der Waals surface area contributed by atoms with Crippen LogP contribution in [0.1, 0.15) is 36.6 Å². The number of hydrogen-bond acceptors (Lipinski definition) is 5. The molecule has 0 spiro atoms. The van der Waals surface area contributed by atoms with E-state index in [1.807, 2.05) is 25.1 Å². The predicted molar refractivity (Wildman–Crippen MR) is 96.5 cm³/mol. The van der Waals surface area contributed by atoms with Crippen molar-refractivity contribution in [2.75, 3.05) is 19.0 Å². The van der Waals surface area contributed by atoms with E-state index in [0.717, 1.165) is 23.2 Å². The van der Waals surface area contributed by atoms with Crippen LogP contribution in [0.4, 0.5) is 5.69 Å². The van der Waals surface area contributed by atoms with Crippen LogP contribution in [0.3, 0.4) is 0 Å². The molecule has 0 bridgehead atoms. The van der Waals surface area contributed by atoms with Crippen molar-refractivity contribution in [1.82, 2.24) is 0 Å². The van der Waals surface area contributed by atoms with Gasteiger partial charge in [-0.15, -0.1) is 0 Å². The Morgan fingerprint density at radius 2 is 1.92 bits per heavy atom. The van der Waals surface area contributed by atoms with Gasteiger partial charge in [-0.05, 0) is 60.9 Å². The molecule has 2 rings (SSSR count). The number of methoxy groups -OCH3 is 1. The molecular formula is C20H22N2O3. The molecule has 130 valence electrons. The van der Waals surface area contributed by atoms with Crippen molar-refractivity contribution in [2.24, 2.45) is 0 Å². The van der Waals surface area contributed by atoms with Crippen LogP contribution < -0.4 is 10.1 Å². The number of rotatable bonds is 7. The highest BCUT2D eigenvalue weighted by Crippen LogP contribution is 2.27. The van der Waals surface area contributed by atoms with Crippen molar-refractivity contribution in [3.05, 3.63) is 59.2 Å². The Morgan fingerprint density at radius 1 is 1.20 bits per heavy atom. The standard InChI is InChI=1S/C20H22N2O3/c1-4-14-10-16(12-18(11-14)24-3)19(20(23)25-5-2)22-17-8-6-15(13-21)7-9-17/h6-12,19,22H,4-5H2,1-3H3. The molecule has 25 heavy (non-hydrogen) atoms. The van der Waals surface area contributed by atoms with Crippen LogP contribution in [0, 0.1) is 11.3 Å². The number of nitrogens with one attached hydrogen (secondary N) is 1. The lowest BCUT2D eigenvalue weighted by molar-refractivity contribution is -0.144. The fourth-order valence-electron chi connectivity index (χ4n) is 2.49. The molecule has 1 atom stereocenters. The van der Waals surface area contributed by atoms with E-state index >= 15 is 0 Å². The number of benzene rings is 2. The summed E-state index contributed by atoms with van der Waals surface area (Å²) in [4.78, 5) is 12.5. The highest BCUT2D eigenvalue weighted by Gasteiger charge is 2.23. The molecule has 5 heteroatoms. The number of anilines is 1. The molecule has 1 unspecified atom stereocenters. The van der Waals surface area contributed by atoms with Crippen molar-refractivity contribution in [3.63, 3.8) is 0 Å². The summed E-state index contributed by atoms with van der Waals surface area (Å²) in [7, 11) is 1.60. The second-order valence-corrected chi connectivity index (χ2v) is 5.49. The first-order valence-electron chi connectivity index (χ1n) is 8.22. The van der Waals surface area contributed by atoms with Gasteiger partial charge in [0, 0.05) is 5.69 Å². The van der Waals surface area contributed by atoms with Gasteiger partial charge < -0.3 is 14.8 Å². The van der Waals surface area contributed by atoms with Gasteiger partial charge in [0.15, 0.2) is 6.04 Å². The van der Waals surface area contributed by atoms with Crippen LogP contribution in [0.25, 0.3) is 0 Å². The smallest absolute Gasteiger partial charge is 0.333 e. The molecule has 0 radical (unpaired) electrons. The Bertz CT molecular complexity index is 741. The van der Waals surface area contributed by atoms with Crippen molar-refractivity contribution < 1.29 is 14.3 Å². The molecule has 0 heterocycles. The molecule has 0 aromatic heterocycles. The number of esters is 1. The van der Waals surface area contributed by atoms with Crippen molar-refractivity contribution in [3.8, 4) is 11.8 Å². The molecule has 0 aliphatic carbocycles. The average Bonchev–Trinajstić information content (AvgIpc) is 2.66. The molecule has 2 aromatic rings. The number of carbonyl (C=O) groups excluding carboxylic acids is 1. The maximum Gasteiger partial charge on any atom is 0.333 e. The molecule has 5 nitrogen and oxygen atoms in total. The van der Waals surface area contributed by atoms with Crippen LogP contribution in [0.15, 0.2) is 42.5 Å². The van der Waals surface area contributed by atoms with E-state index in [2.05, 4.69) is 11.4 Å². The number of aryl methyl sites for hydroxylation is 1.